The molecule has 0 aliphatic heterocycles. The summed E-state index contributed by atoms with van der Waals surface area (Å²) in [5.41, 5.74) is 1.72. The smallest absolute Gasteiger partial charge is 0.224 e. The molecule has 2 aromatic rings. The number of hydrogen-bond donors (Lipinski definition) is 1. The molecule has 1 N–H and O–H groups in total. The van der Waals surface area contributed by atoms with Gasteiger partial charge in [0.25, 0.3) is 0 Å². The van der Waals surface area contributed by atoms with Crippen molar-refractivity contribution in [3.8, 4) is 11.5 Å². The summed E-state index contributed by atoms with van der Waals surface area (Å²) in [6.07, 6.45) is 1.03. The van der Waals surface area contributed by atoms with Crippen molar-refractivity contribution >= 4 is 22.9 Å². The van der Waals surface area contributed by atoms with Crippen LogP contribution in [0.4, 0.5) is 5.69 Å². The van der Waals surface area contributed by atoms with E-state index in [9.17, 15) is 4.79 Å². The van der Waals surface area contributed by atoms with Gasteiger partial charge in [-0.05, 0) is 18.1 Å². The van der Waals surface area contributed by atoms with Crippen molar-refractivity contribution < 1.29 is 14.3 Å². The van der Waals surface area contributed by atoms with E-state index in [0.29, 0.717) is 35.9 Å². The van der Waals surface area contributed by atoms with Crippen LogP contribution in [0.3, 0.4) is 0 Å². The van der Waals surface area contributed by atoms with Crippen LogP contribution in [-0.4, -0.2) is 25.1 Å². The van der Waals surface area contributed by atoms with E-state index >= 15 is 0 Å². The zero-order chi connectivity index (χ0) is 16.8. The second-order valence-corrected chi connectivity index (χ2v) is 6.38. The Morgan fingerprint density at radius 2 is 2.09 bits per heavy atom. The van der Waals surface area contributed by atoms with Crippen molar-refractivity contribution in [2.45, 2.75) is 32.6 Å². The summed E-state index contributed by atoms with van der Waals surface area (Å²) in [5.74, 6) is 1.62. The third-order valence-electron chi connectivity index (χ3n) is 3.41. The molecule has 23 heavy (non-hydrogen) atoms. The van der Waals surface area contributed by atoms with Crippen LogP contribution in [0.1, 0.15) is 36.9 Å². The number of nitrogens with zero attached hydrogens (tertiary/aromatic N) is 1. The van der Waals surface area contributed by atoms with Crippen LogP contribution in [-0.2, 0) is 11.2 Å². The number of hydrogen-bond acceptors (Lipinski definition) is 5. The molecule has 1 heterocycles. The van der Waals surface area contributed by atoms with Gasteiger partial charge in [0.2, 0.25) is 5.91 Å². The highest BCUT2D eigenvalue weighted by Gasteiger charge is 2.11. The molecule has 2 rings (SSSR count). The van der Waals surface area contributed by atoms with Crippen molar-refractivity contribution in [1.82, 2.24) is 4.98 Å². The maximum absolute atomic E-state index is 12.1. The molecule has 124 valence electrons. The molecule has 6 heteroatoms. The van der Waals surface area contributed by atoms with E-state index in [1.165, 1.54) is 0 Å². The van der Waals surface area contributed by atoms with Crippen LogP contribution < -0.4 is 14.8 Å². The van der Waals surface area contributed by atoms with Crippen LogP contribution in [0, 0.1) is 0 Å². The molecule has 0 spiro atoms. The second-order valence-electron chi connectivity index (χ2n) is 5.44. The molecule has 1 aromatic heterocycles. The zero-order valence-corrected chi connectivity index (χ0v) is 14.7. The van der Waals surface area contributed by atoms with E-state index in [1.54, 1.807) is 43.8 Å². The Bertz CT molecular complexity index is 668. The minimum absolute atomic E-state index is 0.0604. The van der Waals surface area contributed by atoms with Crippen LogP contribution in [0.15, 0.2) is 23.6 Å². The average Bonchev–Trinajstić information content (AvgIpc) is 3.02. The van der Waals surface area contributed by atoms with E-state index in [1.807, 2.05) is 0 Å². The van der Waals surface area contributed by atoms with Crippen molar-refractivity contribution in [3.63, 3.8) is 0 Å². The van der Waals surface area contributed by atoms with Gasteiger partial charge in [-0.1, -0.05) is 13.8 Å². The number of anilines is 1. The SMILES string of the molecule is COc1ccc(NC(=O)CCc2nc(C(C)C)cs2)c(OC)c1. The zero-order valence-electron chi connectivity index (χ0n) is 13.9. The number of rotatable bonds is 7. The summed E-state index contributed by atoms with van der Waals surface area (Å²) in [4.78, 5) is 16.7. The summed E-state index contributed by atoms with van der Waals surface area (Å²) in [6, 6.07) is 5.30. The lowest BCUT2D eigenvalue weighted by molar-refractivity contribution is -0.116. The number of carbonyl (C=O) groups is 1. The van der Waals surface area contributed by atoms with Gasteiger partial charge in [-0.15, -0.1) is 11.3 Å². The number of methoxy groups -OCH3 is 2. The molecule has 0 unspecified atom stereocenters. The van der Waals surface area contributed by atoms with Gasteiger partial charge in [0, 0.05) is 24.3 Å². The van der Waals surface area contributed by atoms with E-state index in [4.69, 9.17) is 9.47 Å². The van der Waals surface area contributed by atoms with Crippen LogP contribution in [0.2, 0.25) is 0 Å². The van der Waals surface area contributed by atoms with E-state index in [-0.39, 0.29) is 5.91 Å². The Hall–Kier alpha value is -2.08. The Morgan fingerprint density at radius 1 is 1.30 bits per heavy atom. The fourth-order valence-corrected chi connectivity index (χ4v) is 3.00. The topological polar surface area (TPSA) is 60.5 Å². The molecular formula is C17H22N2O3S. The van der Waals surface area contributed by atoms with Gasteiger partial charge < -0.3 is 14.8 Å². The highest BCUT2D eigenvalue weighted by atomic mass is 32.1. The fourth-order valence-electron chi connectivity index (χ4n) is 2.04. The molecule has 0 aliphatic rings. The number of amides is 1. The lowest BCUT2D eigenvalue weighted by Crippen LogP contribution is -2.13. The summed E-state index contributed by atoms with van der Waals surface area (Å²) in [6.45, 7) is 4.23. The lowest BCUT2D eigenvalue weighted by Gasteiger charge is -2.11. The largest absolute Gasteiger partial charge is 0.497 e. The Morgan fingerprint density at radius 3 is 2.70 bits per heavy atom. The van der Waals surface area contributed by atoms with Crippen molar-refractivity contribution in [2.24, 2.45) is 0 Å². The maximum atomic E-state index is 12.1. The predicted octanol–water partition coefficient (Wildman–Crippen LogP) is 3.86. The number of carbonyl (C=O) groups excluding carboxylic acids is 1. The molecular weight excluding hydrogens is 312 g/mol. The minimum atomic E-state index is -0.0604. The quantitative estimate of drug-likeness (QED) is 0.835. The normalized spacial score (nSPS) is 10.7. The fraction of sp³-hybridized carbons (Fsp3) is 0.412. The second kappa shape index (κ2) is 7.97. The monoisotopic (exact) mass is 334 g/mol. The lowest BCUT2D eigenvalue weighted by atomic mass is 10.2. The standard InChI is InChI=1S/C17H22N2O3S/c1-11(2)14-10-23-17(19-14)8-7-16(20)18-13-6-5-12(21-3)9-15(13)22-4/h5-6,9-11H,7-8H2,1-4H3,(H,18,20). The highest BCUT2D eigenvalue weighted by Crippen LogP contribution is 2.29. The summed E-state index contributed by atoms with van der Waals surface area (Å²) >= 11 is 1.61. The van der Waals surface area contributed by atoms with Crippen molar-refractivity contribution in [3.05, 3.63) is 34.3 Å². The predicted molar refractivity (Wildman–Crippen MR) is 92.7 cm³/mol. The van der Waals surface area contributed by atoms with E-state index in [2.05, 4.69) is 29.5 Å². The molecule has 0 fully saturated rings. The van der Waals surface area contributed by atoms with Gasteiger partial charge in [-0.3, -0.25) is 4.79 Å². The first kappa shape index (κ1) is 17.3. The molecule has 0 saturated carbocycles. The molecule has 0 aliphatic carbocycles. The van der Waals surface area contributed by atoms with E-state index in [0.717, 1.165) is 10.7 Å². The molecule has 1 aromatic carbocycles. The first-order valence-corrected chi connectivity index (χ1v) is 8.37. The van der Waals surface area contributed by atoms with E-state index < -0.39 is 0 Å². The third kappa shape index (κ3) is 4.69. The van der Waals surface area contributed by atoms with Gasteiger partial charge in [0.05, 0.1) is 30.6 Å². The van der Waals surface area contributed by atoms with Gasteiger partial charge in [0.1, 0.15) is 11.5 Å². The number of aryl methyl sites for hydroxylation is 1. The Balaban J connectivity index is 1.94. The molecule has 5 nitrogen and oxygen atoms in total. The number of aromatic nitrogens is 1. The third-order valence-corrected chi connectivity index (χ3v) is 4.34. The van der Waals surface area contributed by atoms with Crippen LogP contribution in [0.5, 0.6) is 11.5 Å². The number of thiazole rings is 1. The number of nitrogens with one attached hydrogen (secondary N) is 1. The maximum Gasteiger partial charge on any atom is 0.224 e. The summed E-state index contributed by atoms with van der Waals surface area (Å²) < 4.78 is 10.4. The highest BCUT2D eigenvalue weighted by molar-refractivity contribution is 7.09. The van der Waals surface area contributed by atoms with Gasteiger partial charge in [-0.25, -0.2) is 4.98 Å². The Labute approximate surface area is 140 Å². The number of ether oxygens (including phenoxy) is 2. The van der Waals surface area contributed by atoms with Crippen LogP contribution in [0.25, 0.3) is 0 Å². The Kier molecular flexibility index (Phi) is 5.98. The van der Waals surface area contributed by atoms with Crippen molar-refractivity contribution in [1.29, 1.82) is 0 Å². The summed E-state index contributed by atoms with van der Waals surface area (Å²) in [5, 5.41) is 5.92. The molecule has 0 bridgehead atoms. The number of benzene rings is 1. The van der Waals surface area contributed by atoms with Gasteiger partial charge in [-0.2, -0.15) is 0 Å². The molecule has 1 amide bonds. The van der Waals surface area contributed by atoms with Gasteiger partial charge >= 0.3 is 0 Å². The summed E-state index contributed by atoms with van der Waals surface area (Å²) in [7, 11) is 3.15. The first-order valence-electron chi connectivity index (χ1n) is 7.49. The first-order chi connectivity index (χ1) is 11.0. The van der Waals surface area contributed by atoms with Crippen molar-refractivity contribution in [2.75, 3.05) is 19.5 Å². The molecule has 0 atom stereocenters. The average molecular weight is 334 g/mol. The molecule has 0 radical (unpaired) electrons. The van der Waals surface area contributed by atoms with Gasteiger partial charge in [0.15, 0.2) is 0 Å². The molecule has 0 saturated heterocycles. The van der Waals surface area contributed by atoms with Crippen LogP contribution >= 0.6 is 11.3 Å². The minimum Gasteiger partial charge on any atom is -0.497 e.